The van der Waals surface area contributed by atoms with Crippen molar-refractivity contribution in [2.75, 3.05) is 39.5 Å². The minimum absolute atomic E-state index is 0. The second-order valence-electron chi connectivity index (χ2n) is 43.5. The summed E-state index contributed by atoms with van der Waals surface area (Å²) in [6, 6.07) is 42.5. The quantitative estimate of drug-likeness (QED) is 0.0552. The van der Waals surface area contributed by atoms with E-state index in [0.29, 0.717) is 17.8 Å². The van der Waals surface area contributed by atoms with Crippen LogP contribution in [0.5, 0.6) is 0 Å². The molecule has 5 aromatic heterocycles. The number of benzene rings is 4. The molecule has 1 aliphatic heterocycles. The van der Waals surface area contributed by atoms with Crippen LogP contribution >= 0.6 is 0 Å². The molecule has 9 nitrogen and oxygen atoms in total. The van der Waals surface area contributed by atoms with Gasteiger partial charge in [0.15, 0.2) is 0 Å². The summed E-state index contributed by atoms with van der Waals surface area (Å²) < 4.78 is 54.6. The number of halogens is 4. The van der Waals surface area contributed by atoms with Gasteiger partial charge in [0.2, 0.25) is 0 Å². The van der Waals surface area contributed by atoms with E-state index in [0.717, 1.165) is 142 Å². The Hall–Kier alpha value is -5.73. The number of alkyl halides is 4. The largest absolute Gasteiger partial charge is 0.542 e. The summed E-state index contributed by atoms with van der Waals surface area (Å²) in [4.78, 5) is 21.7. The third kappa shape index (κ3) is 82.9. The number of aryl methyl sites for hydroxylation is 1. The SMILES string of the molecule is CC.CC(C)C(C)C.CC(C)C1CC1.CC(C)C1CCCC1.CC(C)C1CCCCC1.CC(C)CC(F)(F)F.CC(C)CF.CC(C)CN1CCOCC1.CC(C)Cc1c[nH]c2ccccc12.CC(C)Cc1c[nH]c2ccccc12.CC(C)Cc1ccccc1.CC(C)Cc1ccncc1.CC(C)Cn1cccn1.CCC(C)C.C[C-]=O.Cc1ccc2c(ccn2CC(C)C)c1.[CH2-]C(C)C.[Y]. The Labute approximate surface area is 862 Å². The number of ether oxygens (including phenoxy) is 1. The smallest absolute Gasteiger partial charge is 0.389 e. The summed E-state index contributed by atoms with van der Waals surface area (Å²) in [5, 5.41) is 8.17. The van der Waals surface area contributed by atoms with E-state index >= 15 is 0 Å². The fraction of sp³-hybridized carbons (Fsp3) is 0.672. The van der Waals surface area contributed by atoms with Gasteiger partial charge >= 0.3 is 6.18 Å². The number of carbonyl (C=O) groups excluding carboxylic acids is 1. The number of morpholine rings is 1. The number of pyridine rings is 1. The summed E-state index contributed by atoms with van der Waals surface area (Å²) in [6.07, 6.45) is 33.2. The molecule has 3 saturated carbocycles. The van der Waals surface area contributed by atoms with E-state index in [1.165, 1.54) is 164 Å². The number of para-hydroxylation sites is 2. The van der Waals surface area contributed by atoms with Crippen LogP contribution in [0.15, 0.2) is 165 Å². The Morgan fingerprint density at radius 1 is 0.456 bits per heavy atom. The maximum absolute atomic E-state index is 11.3. The molecule has 0 unspecified atom stereocenters. The third-order valence-electron chi connectivity index (χ3n) is 22.4. The van der Waals surface area contributed by atoms with Crippen LogP contribution in [0.1, 0.15) is 361 Å². The van der Waals surface area contributed by atoms with Crippen molar-refractivity contribution in [3.8, 4) is 0 Å². The Morgan fingerprint density at radius 3 is 1.14 bits per heavy atom. The minimum atomic E-state index is -3.98. The third-order valence-corrected chi connectivity index (χ3v) is 22.4. The Bertz CT molecular complexity index is 3860. The molecule has 14 heteroatoms. The summed E-state index contributed by atoms with van der Waals surface area (Å²) in [5.41, 5.74) is 10.9. The average Bonchev–Trinajstić information content (AvgIpc) is 1.67. The first-order valence-electron chi connectivity index (χ1n) is 53.1. The fourth-order valence-electron chi connectivity index (χ4n) is 14.2. The molecule has 1 radical (unpaired) electrons. The molecule has 0 amide bonds. The Balaban J connectivity index is -0.000000453. The van der Waals surface area contributed by atoms with Gasteiger partial charge < -0.3 is 31.0 Å². The van der Waals surface area contributed by atoms with Crippen LogP contribution in [0.4, 0.5) is 17.6 Å². The van der Waals surface area contributed by atoms with Gasteiger partial charge in [-0.1, -0.05) is 385 Å². The number of hydrogen-bond acceptors (Lipinski definition) is 5. The zero-order valence-corrected chi connectivity index (χ0v) is 97.4. The molecule has 779 valence electrons. The first-order chi connectivity index (χ1) is 63.5. The van der Waals surface area contributed by atoms with Gasteiger partial charge in [-0.3, -0.25) is 25.2 Å². The molecular formula is C122H211F4N7O2Y-2. The van der Waals surface area contributed by atoms with Crippen LogP contribution in [-0.2, 0) is 81.0 Å². The van der Waals surface area contributed by atoms with E-state index in [2.05, 4.69) is 378 Å². The molecule has 3 aliphatic carbocycles. The molecule has 6 heterocycles. The number of aromatic amines is 2. The zero-order valence-electron chi connectivity index (χ0n) is 94.6. The maximum Gasteiger partial charge on any atom is 0.389 e. The normalized spacial score (nSPS) is 13.4. The van der Waals surface area contributed by atoms with Crippen molar-refractivity contribution in [2.24, 2.45) is 112 Å². The second kappa shape index (κ2) is 86.0. The Kier molecular flexibility index (Phi) is 87.7. The van der Waals surface area contributed by atoms with Gasteiger partial charge in [0.05, 0.1) is 19.9 Å². The molecule has 0 bridgehead atoms. The second-order valence-corrected chi connectivity index (χ2v) is 43.5. The van der Waals surface area contributed by atoms with E-state index in [1.54, 1.807) is 13.8 Å². The predicted octanol–water partition coefficient (Wildman–Crippen LogP) is 37.3. The molecule has 9 aromatic rings. The van der Waals surface area contributed by atoms with Gasteiger partial charge in [-0.25, -0.2) is 0 Å². The first-order valence-corrected chi connectivity index (χ1v) is 53.1. The van der Waals surface area contributed by atoms with Crippen LogP contribution < -0.4 is 0 Å². The number of aromatic nitrogens is 6. The molecule has 2 N–H and O–H groups in total. The van der Waals surface area contributed by atoms with Crippen LogP contribution in [0, 0.1) is 126 Å². The molecular weight excluding hydrogens is 1760 g/mol. The van der Waals surface area contributed by atoms with Gasteiger partial charge in [-0.15, -0.1) is 0 Å². The summed E-state index contributed by atoms with van der Waals surface area (Å²) in [5.74, 6) is 14.3. The number of fused-ring (bicyclic) bond motifs is 3. The standard InChI is InChI=1S/C13H17N.2C12H15N.C10H14.C9H13N.C9H18.C8H17NO.C8H16.C7H12N2.C6H12.C6H14.C5H9F3.C5H12.C4H9F.C4H9.C2H3O.C2H6.Y/c1-10(2)9-14-7-6-12-8-11(3)4-5-13(12)14;2*1-9(2)7-10-8-13-12-6-4-3-5-11(10)12;1-9(2)8-10-6-4-3-5-7-10;1-8(2)7-9-3-5-10-6-4-9;1-8(2)9-6-4-3-5-7-9;1-8(2)7-9-3-5-10-6-4-9;1-7(2)8-5-3-4-6-8;1-7(2)6-9-5-3-4-8-9;1-5(2)6-3-4-6;1-5(2)6(3)4;1-4(2)3-5(6,7)8;1-4-5(2)3;1-4(2)3-5;1-4(2)3;1-2-3;1-2;/h4-8,10H,9H2,1-3H3;2*3-6,8-9,13H,7H2,1-2H3;3-7,9H,8H2,1-2H3;3-6,8H,7H2,1-2H3;8-9H,3-7H2,1-2H3;8H,3-7H2,1-2H3;7-8H,3-6H2,1-2H3;3-5,7H,6H2,1-2H3;5-6H,3-4H2,1-2H3;5-6H,1-4H3;4H,3H2,1-2H3;5H,4H2,1-3H3;4H,3H2,1-2H3;4H,1H2,2-3H3;1H3;1-2H3;/q;;;;;;;;;;;;;;2*-1;;. The molecule has 13 rings (SSSR count). The van der Waals surface area contributed by atoms with Crippen molar-refractivity contribution < 1.29 is 59.8 Å². The van der Waals surface area contributed by atoms with Crippen molar-refractivity contribution in [1.29, 1.82) is 0 Å². The van der Waals surface area contributed by atoms with Gasteiger partial charge in [0.1, 0.15) is 0 Å². The van der Waals surface area contributed by atoms with E-state index in [1.807, 2.05) is 63.2 Å². The molecule has 4 fully saturated rings. The Morgan fingerprint density at radius 2 is 0.831 bits per heavy atom. The molecule has 0 spiro atoms. The minimum Gasteiger partial charge on any atom is -0.542 e. The van der Waals surface area contributed by atoms with E-state index in [-0.39, 0.29) is 51.2 Å². The topological polar surface area (TPSA) is 96.8 Å². The zero-order chi connectivity index (χ0) is 104. The van der Waals surface area contributed by atoms with E-state index in [4.69, 9.17) is 9.53 Å². The van der Waals surface area contributed by atoms with Crippen molar-refractivity contribution in [2.45, 2.75) is 385 Å². The van der Waals surface area contributed by atoms with Crippen LogP contribution in [0.3, 0.4) is 0 Å². The van der Waals surface area contributed by atoms with Crippen LogP contribution in [0.2, 0.25) is 0 Å². The van der Waals surface area contributed by atoms with Crippen LogP contribution in [-0.4, -0.2) is 86.2 Å². The molecule has 4 aliphatic rings. The molecule has 1 saturated heterocycles. The van der Waals surface area contributed by atoms with Crippen molar-refractivity contribution in [3.63, 3.8) is 0 Å². The van der Waals surface area contributed by atoms with Gasteiger partial charge in [-0.05, 0) is 228 Å². The molecule has 4 aromatic carbocycles. The summed E-state index contributed by atoms with van der Waals surface area (Å²) >= 11 is 0. The van der Waals surface area contributed by atoms with E-state index in [9.17, 15) is 17.6 Å². The van der Waals surface area contributed by atoms with Crippen molar-refractivity contribution in [1.82, 2.24) is 34.2 Å². The predicted molar refractivity (Wildman–Crippen MR) is 592 cm³/mol. The monoisotopic (exact) mass is 1970 g/mol. The molecule has 136 heavy (non-hydrogen) atoms. The van der Waals surface area contributed by atoms with Crippen molar-refractivity contribution in [3.05, 3.63) is 199 Å². The van der Waals surface area contributed by atoms with Gasteiger partial charge in [-0.2, -0.15) is 31.1 Å². The number of hydrogen-bond donors (Lipinski definition) is 2. The number of nitrogens with one attached hydrogen (secondary N) is 2. The van der Waals surface area contributed by atoms with Gasteiger partial charge in [0, 0.05) is 143 Å². The average molecular weight is 1970 g/mol. The van der Waals surface area contributed by atoms with Crippen molar-refractivity contribution >= 4 is 39.0 Å². The summed E-state index contributed by atoms with van der Waals surface area (Å²) in [7, 11) is 0. The summed E-state index contributed by atoms with van der Waals surface area (Å²) in [6.45, 7) is 90.2. The number of nitrogens with zero attached hydrogens (tertiary/aromatic N) is 5. The fourth-order valence-corrected chi connectivity index (χ4v) is 14.2. The van der Waals surface area contributed by atoms with Crippen LogP contribution in [0.25, 0.3) is 32.7 Å². The molecule has 0 atom stereocenters. The van der Waals surface area contributed by atoms with Gasteiger partial charge in [0.25, 0.3) is 0 Å². The maximum atomic E-state index is 11.3. The van der Waals surface area contributed by atoms with E-state index < -0.39 is 12.6 Å². The number of rotatable bonds is 21. The number of H-pyrrole nitrogens is 2. The first kappa shape index (κ1) is 139.